The molecule has 0 bridgehead atoms. The van der Waals surface area contributed by atoms with Crippen LogP contribution in [0.15, 0.2) is 12.2 Å². The lowest BCUT2D eigenvalue weighted by atomic mass is 9.99. The highest BCUT2D eigenvalue weighted by atomic mass is 16.5. The van der Waals surface area contributed by atoms with Crippen molar-refractivity contribution in [1.29, 1.82) is 0 Å². The van der Waals surface area contributed by atoms with E-state index in [1.807, 2.05) is 0 Å². The lowest BCUT2D eigenvalue weighted by molar-refractivity contribution is -0.140. The molecule has 0 aromatic rings. The van der Waals surface area contributed by atoms with Gasteiger partial charge in [-0.1, -0.05) is 109 Å². The number of carbonyl (C=O) groups is 1. The third-order valence-corrected chi connectivity index (χ3v) is 6.93. The summed E-state index contributed by atoms with van der Waals surface area (Å²) in [6, 6.07) is 0.793. The number of unbranched alkanes of at least 4 members (excludes halogenated alkanes) is 16. The van der Waals surface area contributed by atoms with Gasteiger partial charge < -0.3 is 9.64 Å². The predicted molar refractivity (Wildman–Crippen MR) is 146 cm³/mol. The van der Waals surface area contributed by atoms with Crippen molar-refractivity contribution in [3.8, 4) is 0 Å². The second-order valence-corrected chi connectivity index (χ2v) is 10.2. The molecule has 0 heterocycles. The molecule has 0 aliphatic rings. The first-order chi connectivity index (χ1) is 16.1. The second kappa shape index (κ2) is 25.8. The largest absolute Gasteiger partial charge is 0.469 e. The second-order valence-electron chi connectivity index (χ2n) is 10.2. The zero-order valence-electron chi connectivity index (χ0n) is 23.1. The van der Waals surface area contributed by atoms with Gasteiger partial charge in [0.15, 0.2) is 0 Å². The Morgan fingerprint density at radius 1 is 0.667 bits per heavy atom. The summed E-state index contributed by atoms with van der Waals surface area (Å²) < 4.78 is 4.66. The standard InChI is InChI=1S/C30H59NO2/c1-5-6-7-8-20-23-26-29(31(2)3)27-24-21-18-16-14-12-10-9-11-13-15-17-19-22-25-28-30(32)33-4/h9,11,29H,5-8,10,12-28H2,1-4H3. The van der Waals surface area contributed by atoms with E-state index >= 15 is 0 Å². The molecule has 3 nitrogen and oxygen atoms in total. The molecule has 0 aliphatic carbocycles. The highest BCUT2D eigenvalue weighted by molar-refractivity contribution is 5.68. The molecule has 0 saturated heterocycles. The van der Waals surface area contributed by atoms with Crippen LogP contribution in [-0.4, -0.2) is 38.1 Å². The van der Waals surface area contributed by atoms with Crippen molar-refractivity contribution in [3.05, 3.63) is 12.2 Å². The fourth-order valence-corrected chi connectivity index (χ4v) is 4.57. The molecule has 0 rings (SSSR count). The van der Waals surface area contributed by atoms with E-state index in [1.54, 1.807) is 0 Å². The number of allylic oxidation sites excluding steroid dienone is 2. The Morgan fingerprint density at radius 3 is 1.55 bits per heavy atom. The molecule has 1 unspecified atom stereocenters. The van der Waals surface area contributed by atoms with Crippen LogP contribution in [0.1, 0.15) is 148 Å². The predicted octanol–water partition coefficient (Wildman–Crippen LogP) is 9.25. The molecular weight excluding hydrogens is 406 g/mol. The number of carbonyl (C=O) groups excluding carboxylic acids is 1. The maximum absolute atomic E-state index is 11.0. The molecule has 0 aliphatic heterocycles. The van der Waals surface area contributed by atoms with E-state index in [4.69, 9.17) is 0 Å². The molecule has 0 saturated carbocycles. The third-order valence-electron chi connectivity index (χ3n) is 6.93. The topological polar surface area (TPSA) is 29.5 Å². The van der Waals surface area contributed by atoms with Gasteiger partial charge in [-0.2, -0.15) is 0 Å². The highest BCUT2D eigenvalue weighted by Gasteiger charge is 2.10. The van der Waals surface area contributed by atoms with Crippen LogP contribution < -0.4 is 0 Å². The van der Waals surface area contributed by atoms with Crippen LogP contribution >= 0.6 is 0 Å². The number of hydrogen-bond donors (Lipinski definition) is 0. The van der Waals surface area contributed by atoms with Crippen LogP contribution in [0.3, 0.4) is 0 Å². The van der Waals surface area contributed by atoms with Crippen LogP contribution in [0.25, 0.3) is 0 Å². The summed E-state index contributed by atoms with van der Waals surface area (Å²) in [5, 5.41) is 0. The lowest BCUT2D eigenvalue weighted by Crippen LogP contribution is -2.27. The zero-order valence-corrected chi connectivity index (χ0v) is 23.1. The van der Waals surface area contributed by atoms with Crippen molar-refractivity contribution in [3.63, 3.8) is 0 Å². The number of nitrogens with zero attached hydrogens (tertiary/aromatic N) is 1. The van der Waals surface area contributed by atoms with Crippen molar-refractivity contribution >= 4 is 5.97 Å². The van der Waals surface area contributed by atoms with Gasteiger partial charge in [0.1, 0.15) is 0 Å². The van der Waals surface area contributed by atoms with E-state index in [2.05, 4.69) is 42.8 Å². The summed E-state index contributed by atoms with van der Waals surface area (Å²) in [5.41, 5.74) is 0. The van der Waals surface area contributed by atoms with Gasteiger partial charge in [-0.25, -0.2) is 0 Å². The Hall–Kier alpha value is -0.830. The highest BCUT2D eigenvalue weighted by Crippen LogP contribution is 2.17. The van der Waals surface area contributed by atoms with Crippen LogP contribution in [0.4, 0.5) is 0 Å². The van der Waals surface area contributed by atoms with Gasteiger partial charge >= 0.3 is 5.97 Å². The minimum Gasteiger partial charge on any atom is -0.469 e. The van der Waals surface area contributed by atoms with E-state index in [0.29, 0.717) is 6.42 Å². The molecule has 196 valence electrons. The average Bonchev–Trinajstić information content (AvgIpc) is 2.81. The van der Waals surface area contributed by atoms with E-state index in [1.165, 1.54) is 129 Å². The first kappa shape index (κ1) is 32.2. The monoisotopic (exact) mass is 465 g/mol. The summed E-state index contributed by atoms with van der Waals surface area (Å²) >= 11 is 0. The minimum atomic E-state index is -0.0744. The van der Waals surface area contributed by atoms with Crippen molar-refractivity contribution in [2.75, 3.05) is 21.2 Å². The Labute approximate surface area is 208 Å². The molecule has 0 amide bonds. The molecule has 0 fully saturated rings. The number of rotatable bonds is 25. The molecule has 0 aromatic heterocycles. The van der Waals surface area contributed by atoms with Crippen molar-refractivity contribution < 1.29 is 9.53 Å². The van der Waals surface area contributed by atoms with Gasteiger partial charge in [-0.05, 0) is 59.0 Å². The normalized spacial score (nSPS) is 12.6. The molecule has 1 atom stereocenters. The van der Waals surface area contributed by atoms with Crippen LogP contribution in [0, 0.1) is 0 Å². The summed E-state index contributed by atoms with van der Waals surface area (Å²) in [7, 11) is 6.00. The molecule has 0 aromatic carbocycles. The summed E-state index contributed by atoms with van der Waals surface area (Å²) in [6.07, 6.45) is 33.3. The van der Waals surface area contributed by atoms with Crippen molar-refractivity contribution in [2.24, 2.45) is 0 Å². The van der Waals surface area contributed by atoms with Crippen LogP contribution in [0.2, 0.25) is 0 Å². The maximum atomic E-state index is 11.0. The fourth-order valence-electron chi connectivity index (χ4n) is 4.57. The van der Waals surface area contributed by atoms with Gasteiger partial charge in [-0.3, -0.25) is 4.79 Å². The van der Waals surface area contributed by atoms with Gasteiger partial charge in [0.25, 0.3) is 0 Å². The van der Waals surface area contributed by atoms with Gasteiger partial charge in [0, 0.05) is 12.5 Å². The Kier molecular flexibility index (Phi) is 25.1. The van der Waals surface area contributed by atoms with E-state index in [0.717, 1.165) is 18.9 Å². The molecular formula is C30H59NO2. The molecule has 0 radical (unpaired) electrons. The number of methoxy groups -OCH3 is 1. The SMILES string of the molecule is CCCCCCCCC(CCCCCCCCC=CCCCCCCCC(=O)OC)N(C)C. The quantitative estimate of drug-likeness (QED) is 0.0764. The van der Waals surface area contributed by atoms with E-state index in [9.17, 15) is 4.79 Å². The molecule has 0 N–H and O–H groups in total. The van der Waals surface area contributed by atoms with Gasteiger partial charge in [0.05, 0.1) is 7.11 Å². The Bertz CT molecular complexity index is 433. The smallest absolute Gasteiger partial charge is 0.305 e. The number of hydrogen-bond acceptors (Lipinski definition) is 3. The first-order valence-corrected chi connectivity index (χ1v) is 14.5. The van der Waals surface area contributed by atoms with E-state index < -0.39 is 0 Å². The maximum Gasteiger partial charge on any atom is 0.305 e. The Balaban J connectivity index is 3.41. The van der Waals surface area contributed by atoms with Gasteiger partial charge in [0.2, 0.25) is 0 Å². The molecule has 3 heteroatoms. The number of ether oxygens (including phenoxy) is 1. The van der Waals surface area contributed by atoms with Crippen LogP contribution in [0.5, 0.6) is 0 Å². The number of esters is 1. The van der Waals surface area contributed by atoms with Crippen LogP contribution in [-0.2, 0) is 9.53 Å². The fraction of sp³-hybridized carbons (Fsp3) is 0.900. The third kappa shape index (κ3) is 24.1. The molecule has 33 heavy (non-hydrogen) atoms. The van der Waals surface area contributed by atoms with E-state index in [-0.39, 0.29) is 5.97 Å². The minimum absolute atomic E-state index is 0.0744. The van der Waals surface area contributed by atoms with Crippen molar-refractivity contribution in [1.82, 2.24) is 4.90 Å². The first-order valence-electron chi connectivity index (χ1n) is 14.5. The van der Waals surface area contributed by atoms with Gasteiger partial charge in [-0.15, -0.1) is 0 Å². The summed E-state index contributed by atoms with van der Waals surface area (Å²) in [6.45, 7) is 2.29. The zero-order chi connectivity index (χ0) is 24.4. The summed E-state index contributed by atoms with van der Waals surface area (Å²) in [5.74, 6) is -0.0744. The average molecular weight is 466 g/mol. The summed E-state index contributed by atoms with van der Waals surface area (Å²) in [4.78, 5) is 13.5. The molecule has 0 spiro atoms. The lowest BCUT2D eigenvalue weighted by Gasteiger charge is -2.24. The van der Waals surface area contributed by atoms with Crippen molar-refractivity contribution in [2.45, 2.75) is 154 Å². The Morgan fingerprint density at radius 2 is 1.09 bits per heavy atom.